The van der Waals surface area contributed by atoms with Crippen molar-refractivity contribution in [3.8, 4) is 0 Å². The van der Waals surface area contributed by atoms with E-state index in [0.717, 1.165) is 11.1 Å². The number of hydrogen-bond acceptors (Lipinski definition) is 5. The van der Waals surface area contributed by atoms with Crippen molar-refractivity contribution >= 4 is 17.2 Å². The highest BCUT2D eigenvalue weighted by Gasteiger charge is 2.18. The lowest BCUT2D eigenvalue weighted by Gasteiger charge is -2.20. The van der Waals surface area contributed by atoms with Gasteiger partial charge in [-0.1, -0.05) is 42.5 Å². The Bertz CT molecular complexity index is 1190. The minimum Gasteiger partial charge on any atom is -0.447 e. The molecule has 4 aromatic rings. The molecule has 0 unspecified atom stereocenters. The second-order valence-corrected chi connectivity index (χ2v) is 9.03. The lowest BCUT2D eigenvalue weighted by atomic mass is 10.1. The second-order valence-electron chi connectivity index (χ2n) is 8.03. The van der Waals surface area contributed by atoms with Crippen LogP contribution in [0.5, 0.6) is 0 Å². The van der Waals surface area contributed by atoms with E-state index in [1.165, 1.54) is 28.8 Å². The van der Waals surface area contributed by atoms with E-state index in [1.807, 2.05) is 37.3 Å². The van der Waals surface area contributed by atoms with E-state index in [-0.39, 0.29) is 23.5 Å². The number of halogens is 1. The van der Waals surface area contributed by atoms with Gasteiger partial charge in [0, 0.05) is 18.0 Å². The maximum atomic E-state index is 13.3. The third-order valence-corrected chi connectivity index (χ3v) is 6.45. The third kappa shape index (κ3) is 6.15. The van der Waals surface area contributed by atoms with E-state index in [0.29, 0.717) is 25.5 Å². The minimum atomic E-state index is -0.277. The van der Waals surface area contributed by atoms with Gasteiger partial charge in [0.1, 0.15) is 12.1 Å². The molecule has 0 bridgehead atoms. The number of benzene rings is 2. The summed E-state index contributed by atoms with van der Waals surface area (Å²) in [6.07, 6.45) is 1.40. The zero-order valence-corrected chi connectivity index (χ0v) is 19.4. The molecule has 2 heterocycles. The zero-order valence-electron chi connectivity index (χ0n) is 18.6. The highest BCUT2D eigenvalue weighted by atomic mass is 32.1. The molecule has 0 saturated heterocycles. The number of aromatic nitrogens is 1. The van der Waals surface area contributed by atoms with Crippen molar-refractivity contribution in [1.29, 1.82) is 0 Å². The van der Waals surface area contributed by atoms with Gasteiger partial charge in [-0.2, -0.15) is 0 Å². The molecule has 1 amide bonds. The van der Waals surface area contributed by atoms with Crippen LogP contribution < -0.4 is 5.32 Å². The van der Waals surface area contributed by atoms with Gasteiger partial charge in [-0.3, -0.25) is 9.69 Å². The smallest absolute Gasteiger partial charge is 0.273 e. The van der Waals surface area contributed by atoms with E-state index >= 15 is 0 Å². The molecule has 0 spiro atoms. The van der Waals surface area contributed by atoms with Crippen LogP contribution in [0, 0.1) is 12.7 Å². The molecule has 1 atom stereocenters. The summed E-state index contributed by atoms with van der Waals surface area (Å²) in [6, 6.07) is 18.2. The van der Waals surface area contributed by atoms with Gasteiger partial charge in [-0.25, -0.2) is 9.37 Å². The van der Waals surface area contributed by atoms with Crippen molar-refractivity contribution in [3.05, 3.63) is 111 Å². The first kappa shape index (κ1) is 22.9. The Labute approximate surface area is 196 Å². The Balaban J connectivity index is 1.45. The number of carbonyl (C=O) groups excluding carboxylic acids is 1. The highest BCUT2D eigenvalue weighted by Crippen LogP contribution is 2.21. The molecule has 0 aliphatic rings. The normalized spacial score (nSPS) is 12.1. The van der Waals surface area contributed by atoms with Crippen LogP contribution in [-0.4, -0.2) is 15.8 Å². The number of rotatable bonds is 9. The van der Waals surface area contributed by atoms with Crippen molar-refractivity contribution in [2.45, 2.75) is 39.5 Å². The molecule has 2 aromatic carbocycles. The predicted octanol–water partition coefficient (Wildman–Crippen LogP) is 5.88. The number of thiophene rings is 1. The summed E-state index contributed by atoms with van der Waals surface area (Å²) in [5.41, 5.74) is 3.49. The van der Waals surface area contributed by atoms with E-state index in [9.17, 15) is 9.18 Å². The van der Waals surface area contributed by atoms with Gasteiger partial charge in [0.2, 0.25) is 5.89 Å². The maximum Gasteiger partial charge on any atom is 0.273 e. The Morgan fingerprint density at radius 3 is 2.55 bits per heavy atom. The molecule has 0 fully saturated rings. The van der Waals surface area contributed by atoms with Gasteiger partial charge < -0.3 is 9.73 Å². The fourth-order valence-electron chi connectivity index (χ4n) is 3.56. The first-order valence-electron chi connectivity index (χ1n) is 10.8. The Hall–Kier alpha value is -3.29. The van der Waals surface area contributed by atoms with Crippen LogP contribution in [-0.2, 0) is 19.6 Å². The SMILES string of the molecule is Cc1ccsc1CN(Cc1ccc(F)cc1)Cc1nc(C(=O)N[C@H](C)c2ccccc2)co1. The minimum absolute atomic E-state index is 0.143. The van der Waals surface area contributed by atoms with Crippen molar-refractivity contribution < 1.29 is 13.6 Å². The largest absolute Gasteiger partial charge is 0.447 e. The Kier molecular flexibility index (Phi) is 7.32. The highest BCUT2D eigenvalue weighted by molar-refractivity contribution is 7.10. The van der Waals surface area contributed by atoms with Gasteiger partial charge in [-0.05, 0) is 54.1 Å². The quantitative estimate of drug-likeness (QED) is 0.337. The van der Waals surface area contributed by atoms with Gasteiger partial charge in [0.15, 0.2) is 5.69 Å². The number of hydrogen-bond donors (Lipinski definition) is 1. The summed E-state index contributed by atoms with van der Waals surface area (Å²) in [5.74, 6) is -0.0724. The number of oxazole rings is 1. The fourth-order valence-corrected chi connectivity index (χ4v) is 4.51. The average molecular weight is 464 g/mol. The molecule has 33 heavy (non-hydrogen) atoms. The van der Waals surface area contributed by atoms with Crippen molar-refractivity contribution in [1.82, 2.24) is 15.2 Å². The molecule has 7 heteroatoms. The van der Waals surface area contributed by atoms with Gasteiger partial charge >= 0.3 is 0 Å². The Morgan fingerprint density at radius 2 is 1.85 bits per heavy atom. The summed E-state index contributed by atoms with van der Waals surface area (Å²) < 4.78 is 19.0. The van der Waals surface area contributed by atoms with E-state index < -0.39 is 0 Å². The number of nitrogens with zero attached hydrogens (tertiary/aromatic N) is 2. The molecule has 0 radical (unpaired) electrons. The number of amides is 1. The van der Waals surface area contributed by atoms with Crippen LogP contribution in [0.2, 0.25) is 0 Å². The monoisotopic (exact) mass is 463 g/mol. The summed E-state index contributed by atoms with van der Waals surface area (Å²) in [7, 11) is 0. The first-order chi connectivity index (χ1) is 16.0. The summed E-state index contributed by atoms with van der Waals surface area (Å²) in [5, 5.41) is 5.03. The number of carbonyl (C=O) groups is 1. The van der Waals surface area contributed by atoms with Crippen LogP contribution in [0.4, 0.5) is 4.39 Å². The number of nitrogens with one attached hydrogen (secondary N) is 1. The summed E-state index contributed by atoms with van der Waals surface area (Å²) >= 11 is 1.70. The van der Waals surface area contributed by atoms with Gasteiger partial charge in [-0.15, -0.1) is 11.3 Å². The van der Waals surface area contributed by atoms with Crippen LogP contribution in [0.15, 0.2) is 76.7 Å². The van der Waals surface area contributed by atoms with E-state index in [1.54, 1.807) is 23.5 Å². The zero-order chi connectivity index (χ0) is 23.2. The number of aryl methyl sites for hydroxylation is 1. The molecular formula is C26H26FN3O2S. The van der Waals surface area contributed by atoms with E-state index in [4.69, 9.17) is 4.42 Å². The van der Waals surface area contributed by atoms with Crippen LogP contribution >= 0.6 is 11.3 Å². The second kappa shape index (κ2) is 10.6. The molecule has 1 N–H and O–H groups in total. The summed E-state index contributed by atoms with van der Waals surface area (Å²) in [4.78, 5) is 20.5. The fraction of sp³-hybridized carbons (Fsp3) is 0.231. The van der Waals surface area contributed by atoms with Crippen molar-refractivity contribution in [2.75, 3.05) is 0 Å². The predicted molar refractivity (Wildman–Crippen MR) is 127 cm³/mol. The third-order valence-electron chi connectivity index (χ3n) is 5.45. The Morgan fingerprint density at radius 1 is 1.09 bits per heavy atom. The topological polar surface area (TPSA) is 58.4 Å². The van der Waals surface area contributed by atoms with Crippen LogP contribution in [0.3, 0.4) is 0 Å². The molecule has 0 saturated carbocycles. The molecule has 4 rings (SSSR count). The maximum absolute atomic E-state index is 13.3. The average Bonchev–Trinajstić information content (AvgIpc) is 3.45. The molecule has 170 valence electrons. The van der Waals surface area contributed by atoms with Crippen LogP contribution in [0.25, 0.3) is 0 Å². The van der Waals surface area contributed by atoms with Crippen LogP contribution in [0.1, 0.15) is 50.9 Å². The lowest BCUT2D eigenvalue weighted by molar-refractivity contribution is 0.0934. The molecule has 0 aliphatic carbocycles. The summed E-state index contributed by atoms with van der Waals surface area (Å²) in [6.45, 7) is 5.75. The van der Waals surface area contributed by atoms with Crippen molar-refractivity contribution in [3.63, 3.8) is 0 Å². The van der Waals surface area contributed by atoms with Crippen molar-refractivity contribution in [2.24, 2.45) is 0 Å². The first-order valence-corrected chi connectivity index (χ1v) is 11.7. The standard InChI is InChI=1S/C26H26FN3O2S/c1-18-12-13-33-24(18)15-30(14-20-8-10-22(27)11-9-20)16-25-29-23(17-32-25)26(31)28-19(2)21-6-4-3-5-7-21/h3-13,17,19H,14-16H2,1-2H3,(H,28,31)/t19-/m1/s1. The molecular weight excluding hydrogens is 437 g/mol. The molecule has 2 aromatic heterocycles. The van der Waals surface area contributed by atoms with Gasteiger partial charge in [0.25, 0.3) is 5.91 Å². The lowest BCUT2D eigenvalue weighted by Crippen LogP contribution is -2.27. The molecule has 5 nitrogen and oxygen atoms in total. The van der Waals surface area contributed by atoms with Gasteiger partial charge in [0.05, 0.1) is 12.6 Å². The molecule has 0 aliphatic heterocycles. The van der Waals surface area contributed by atoms with E-state index in [2.05, 4.69) is 33.6 Å².